The Hall–Kier alpha value is -2.60. The van der Waals surface area contributed by atoms with Gasteiger partial charge in [0.1, 0.15) is 5.75 Å². The number of ether oxygens (including phenoxy) is 2. The van der Waals surface area contributed by atoms with Gasteiger partial charge in [-0.1, -0.05) is 95.4 Å². The summed E-state index contributed by atoms with van der Waals surface area (Å²) in [5, 5.41) is 0. The van der Waals surface area contributed by atoms with Crippen LogP contribution in [0.4, 0.5) is 0 Å². The van der Waals surface area contributed by atoms with Gasteiger partial charge in [-0.25, -0.2) is 4.79 Å². The Kier molecular flexibility index (Phi) is 11.9. The number of halogens is 1. The van der Waals surface area contributed by atoms with Gasteiger partial charge >= 0.3 is 5.97 Å². The molecule has 0 spiro atoms. The van der Waals surface area contributed by atoms with Gasteiger partial charge in [0.15, 0.2) is 0 Å². The van der Waals surface area contributed by atoms with Gasteiger partial charge in [0.2, 0.25) is 0 Å². The first-order chi connectivity index (χ1) is 17.2. The number of carbonyl (C=O) groups excluding carboxylic acids is 1. The summed E-state index contributed by atoms with van der Waals surface area (Å²) in [7, 11) is 1.41. The first kappa shape index (κ1) is 27.0. The molecule has 0 bridgehead atoms. The molecule has 0 aliphatic carbocycles. The van der Waals surface area contributed by atoms with Crippen LogP contribution in [0, 0.1) is 5.92 Å². The van der Waals surface area contributed by atoms with Crippen LogP contribution in [0.15, 0.2) is 84.9 Å². The molecule has 0 fully saturated rings. The standard InChI is InChI=1S/C31H35IO3/c1-34-31(33)29-19-16-26(17-20-29)24-27(21-22-32)15-18-28-13-7-8-14-30(28)35-23-9-3-6-12-25-10-4-2-5-11-25/h2,4-5,7-8,10-11,13-20,27H,3,6,9,12,21-24H2,1H3/b18-15-. The lowest BCUT2D eigenvalue weighted by atomic mass is 9.95. The molecule has 0 amide bonds. The lowest BCUT2D eigenvalue weighted by Crippen LogP contribution is -2.04. The third-order valence-electron chi connectivity index (χ3n) is 6.03. The van der Waals surface area contributed by atoms with Crippen LogP contribution in [0.3, 0.4) is 0 Å². The van der Waals surface area contributed by atoms with Crippen LogP contribution in [0.25, 0.3) is 6.08 Å². The fraction of sp³-hybridized carbons (Fsp3) is 0.323. The molecule has 0 heterocycles. The molecule has 0 saturated carbocycles. The number of hydrogen-bond donors (Lipinski definition) is 0. The van der Waals surface area contributed by atoms with E-state index < -0.39 is 0 Å². The highest BCUT2D eigenvalue weighted by molar-refractivity contribution is 14.1. The number of para-hydroxylation sites is 1. The van der Waals surface area contributed by atoms with E-state index in [9.17, 15) is 4.79 Å². The minimum absolute atomic E-state index is 0.298. The van der Waals surface area contributed by atoms with Crippen molar-refractivity contribution >= 4 is 34.6 Å². The monoisotopic (exact) mass is 582 g/mol. The molecular weight excluding hydrogens is 547 g/mol. The normalized spacial score (nSPS) is 11.9. The van der Waals surface area contributed by atoms with Crippen LogP contribution >= 0.6 is 22.6 Å². The molecule has 4 heteroatoms. The number of rotatable bonds is 14. The average molecular weight is 583 g/mol. The van der Waals surface area contributed by atoms with Crippen molar-refractivity contribution in [1.82, 2.24) is 0 Å². The van der Waals surface area contributed by atoms with Crippen LogP contribution in [0.1, 0.15) is 52.7 Å². The molecule has 3 aromatic rings. The third kappa shape index (κ3) is 9.52. The summed E-state index contributed by atoms with van der Waals surface area (Å²) in [4.78, 5) is 11.7. The van der Waals surface area contributed by atoms with Crippen molar-refractivity contribution in [1.29, 1.82) is 0 Å². The zero-order valence-corrected chi connectivity index (χ0v) is 22.7. The number of unbranched alkanes of at least 4 members (excludes halogenated alkanes) is 2. The van der Waals surface area contributed by atoms with E-state index in [1.807, 2.05) is 30.3 Å². The Morgan fingerprint density at radius 3 is 2.37 bits per heavy atom. The quantitative estimate of drug-likeness (QED) is 0.0838. The number of alkyl halides is 1. The summed E-state index contributed by atoms with van der Waals surface area (Å²) < 4.78 is 12.0. The van der Waals surface area contributed by atoms with Crippen molar-refractivity contribution in [3.05, 3.63) is 107 Å². The Bertz CT molecular complexity index is 1040. The first-order valence-corrected chi connectivity index (χ1v) is 13.9. The second-order valence-corrected chi connectivity index (χ2v) is 9.75. The molecule has 0 aliphatic rings. The number of benzene rings is 3. The minimum Gasteiger partial charge on any atom is -0.493 e. The number of aryl methyl sites for hydroxylation is 1. The molecule has 3 nitrogen and oxygen atoms in total. The molecular formula is C31H35IO3. The lowest BCUT2D eigenvalue weighted by Gasteiger charge is -2.13. The van der Waals surface area contributed by atoms with E-state index in [1.54, 1.807) is 0 Å². The summed E-state index contributed by atoms with van der Waals surface area (Å²) in [6, 6.07) is 26.7. The summed E-state index contributed by atoms with van der Waals surface area (Å²) in [5.74, 6) is 1.07. The van der Waals surface area contributed by atoms with E-state index >= 15 is 0 Å². The summed E-state index contributed by atoms with van der Waals surface area (Å²) >= 11 is 2.44. The van der Waals surface area contributed by atoms with E-state index in [0.29, 0.717) is 11.5 Å². The van der Waals surface area contributed by atoms with E-state index in [1.165, 1.54) is 31.1 Å². The average Bonchev–Trinajstić information content (AvgIpc) is 2.90. The van der Waals surface area contributed by atoms with Crippen molar-refractivity contribution in [3.63, 3.8) is 0 Å². The van der Waals surface area contributed by atoms with Gasteiger partial charge in [-0.15, -0.1) is 0 Å². The van der Waals surface area contributed by atoms with Crippen LogP contribution < -0.4 is 4.74 Å². The van der Waals surface area contributed by atoms with Crippen LogP contribution in [0.2, 0.25) is 0 Å². The van der Waals surface area contributed by atoms with Gasteiger partial charge in [-0.2, -0.15) is 0 Å². The molecule has 0 N–H and O–H groups in total. The van der Waals surface area contributed by atoms with Crippen molar-refractivity contribution in [3.8, 4) is 5.75 Å². The third-order valence-corrected chi connectivity index (χ3v) is 6.65. The predicted octanol–water partition coefficient (Wildman–Crippen LogP) is 7.96. The maximum atomic E-state index is 11.7. The van der Waals surface area contributed by atoms with Crippen LogP contribution in [-0.4, -0.2) is 24.1 Å². The van der Waals surface area contributed by atoms with Crippen molar-refractivity contribution < 1.29 is 14.3 Å². The molecule has 0 saturated heterocycles. The highest BCUT2D eigenvalue weighted by atomic mass is 127. The molecule has 1 unspecified atom stereocenters. The first-order valence-electron chi connectivity index (χ1n) is 12.4. The number of allylic oxidation sites excluding steroid dienone is 1. The second-order valence-electron chi connectivity index (χ2n) is 8.67. The summed E-state index contributed by atoms with van der Waals surface area (Å²) in [6.07, 6.45) is 11.1. The Labute approximate surface area is 223 Å². The molecule has 1 atom stereocenters. The number of methoxy groups -OCH3 is 1. The van der Waals surface area contributed by atoms with E-state index in [-0.39, 0.29) is 5.97 Å². The Morgan fingerprint density at radius 1 is 0.886 bits per heavy atom. The lowest BCUT2D eigenvalue weighted by molar-refractivity contribution is 0.0600. The number of esters is 1. The van der Waals surface area contributed by atoms with Crippen LogP contribution in [-0.2, 0) is 17.6 Å². The largest absolute Gasteiger partial charge is 0.493 e. The van der Waals surface area contributed by atoms with Gasteiger partial charge in [0.05, 0.1) is 19.3 Å². The highest BCUT2D eigenvalue weighted by Gasteiger charge is 2.09. The SMILES string of the molecule is COC(=O)c1ccc(CC(/C=C\c2ccccc2OCCCCCc2ccccc2)CCI)cc1. The molecule has 0 aliphatic heterocycles. The maximum Gasteiger partial charge on any atom is 0.337 e. The zero-order valence-electron chi connectivity index (χ0n) is 20.5. The van der Waals surface area contributed by atoms with Crippen molar-refractivity contribution in [2.24, 2.45) is 5.92 Å². The zero-order chi connectivity index (χ0) is 24.7. The highest BCUT2D eigenvalue weighted by Crippen LogP contribution is 2.23. The fourth-order valence-electron chi connectivity index (χ4n) is 4.03. The summed E-state index contributed by atoms with van der Waals surface area (Å²) in [6.45, 7) is 0.739. The predicted molar refractivity (Wildman–Crippen MR) is 153 cm³/mol. The van der Waals surface area contributed by atoms with Gasteiger partial charge in [0, 0.05) is 9.99 Å². The maximum absolute atomic E-state index is 11.7. The topological polar surface area (TPSA) is 35.5 Å². The molecule has 184 valence electrons. The van der Waals surface area contributed by atoms with E-state index in [2.05, 4.69) is 83.3 Å². The Morgan fingerprint density at radius 2 is 1.63 bits per heavy atom. The van der Waals surface area contributed by atoms with E-state index in [0.717, 1.165) is 48.0 Å². The minimum atomic E-state index is -0.298. The number of carbonyl (C=O) groups is 1. The van der Waals surface area contributed by atoms with Gasteiger partial charge < -0.3 is 9.47 Å². The molecule has 35 heavy (non-hydrogen) atoms. The molecule has 0 radical (unpaired) electrons. The molecule has 3 aromatic carbocycles. The molecule has 3 rings (SSSR count). The summed E-state index contributed by atoms with van der Waals surface area (Å²) in [5.41, 5.74) is 4.33. The number of hydrogen-bond acceptors (Lipinski definition) is 3. The van der Waals surface area contributed by atoms with Gasteiger partial charge in [0.25, 0.3) is 0 Å². The van der Waals surface area contributed by atoms with Crippen molar-refractivity contribution in [2.45, 2.75) is 38.5 Å². The van der Waals surface area contributed by atoms with Gasteiger partial charge in [-0.3, -0.25) is 0 Å². The van der Waals surface area contributed by atoms with Crippen LogP contribution in [0.5, 0.6) is 5.75 Å². The van der Waals surface area contributed by atoms with Crippen molar-refractivity contribution in [2.75, 3.05) is 18.1 Å². The van der Waals surface area contributed by atoms with E-state index in [4.69, 9.17) is 9.47 Å². The fourth-order valence-corrected chi connectivity index (χ4v) is 4.83. The van der Waals surface area contributed by atoms with Gasteiger partial charge in [-0.05, 0) is 73.8 Å². The second kappa shape index (κ2) is 15.4. The Balaban J connectivity index is 1.51. The molecule has 0 aromatic heterocycles. The smallest absolute Gasteiger partial charge is 0.337 e.